The van der Waals surface area contributed by atoms with Crippen LogP contribution in [0.2, 0.25) is 5.02 Å². The molecule has 0 radical (unpaired) electrons. The van der Waals surface area contributed by atoms with Crippen molar-refractivity contribution in [3.63, 3.8) is 0 Å². The Bertz CT molecular complexity index is 536. The van der Waals surface area contributed by atoms with E-state index in [2.05, 4.69) is 40.4 Å². The van der Waals surface area contributed by atoms with E-state index in [4.69, 9.17) is 16.3 Å². The van der Waals surface area contributed by atoms with E-state index in [1.54, 1.807) is 0 Å². The van der Waals surface area contributed by atoms with Gasteiger partial charge in [-0.15, -0.1) is 0 Å². The highest BCUT2D eigenvalue weighted by Gasteiger charge is 2.23. The molecule has 5 nitrogen and oxygen atoms in total. The monoisotopic (exact) mass is 352 g/mol. The van der Waals surface area contributed by atoms with Gasteiger partial charge >= 0.3 is 0 Å². The van der Waals surface area contributed by atoms with E-state index in [9.17, 15) is 0 Å². The zero-order chi connectivity index (χ0) is 17.4. The Kier molecular flexibility index (Phi) is 7.66. The van der Waals surface area contributed by atoms with E-state index in [0.717, 1.165) is 50.1 Å². The first-order chi connectivity index (χ1) is 11.6. The van der Waals surface area contributed by atoms with Crippen LogP contribution < -0.4 is 15.5 Å². The molecular weight excluding hydrogens is 324 g/mol. The van der Waals surface area contributed by atoms with Crippen LogP contribution >= 0.6 is 11.6 Å². The number of aliphatic imine (C=N–C) groups is 1. The molecule has 24 heavy (non-hydrogen) atoms. The summed E-state index contributed by atoms with van der Waals surface area (Å²) in [6, 6.07) is 8.42. The number of rotatable bonds is 7. The minimum atomic E-state index is 0.290. The van der Waals surface area contributed by atoms with E-state index >= 15 is 0 Å². The molecule has 6 heteroatoms. The Labute approximate surface area is 150 Å². The van der Waals surface area contributed by atoms with Crippen molar-refractivity contribution >= 4 is 23.2 Å². The standard InChI is InChI=1S/C18H29ClN4O/c1-14(2)24-11-5-9-21-18(20-3)22-16-8-10-23(13-16)17-7-4-6-15(19)12-17/h4,6-7,12,14,16H,5,8-11,13H2,1-3H3,(H2,20,21,22). The van der Waals surface area contributed by atoms with Crippen LogP contribution in [0.1, 0.15) is 26.7 Å². The molecule has 1 fully saturated rings. The first-order valence-electron chi connectivity index (χ1n) is 8.68. The van der Waals surface area contributed by atoms with Gasteiger partial charge < -0.3 is 20.3 Å². The summed E-state index contributed by atoms with van der Waals surface area (Å²) in [5, 5.41) is 7.64. The first kappa shape index (κ1) is 18.9. The highest BCUT2D eigenvalue weighted by molar-refractivity contribution is 6.30. The van der Waals surface area contributed by atoms with Gasteiger partial charge in [0.1, 0.15) is 0 Å². The third-order valence-corrected chi connectivity index (χ3v) is 4.23. The Morgan fingerprint density at radius 2 is 2.29 bits per heavy atom. The molecule has 1 aromatic rings. The lowest BCUT2D eigenvalue weighted by molar-refractivity contribution is 0.0776. The van der Waals surface area contributed by atoms with Gasteiger partial charge in [0.2, 0.25) is 0 Å². The number of nitrogens with one attached hydrogen (secondary N) is 2. The maximum Gasteiger partial charge on any atom is 0.191 e. The number of benzene rings is 1. The highest BCUT2D eigenvalue weighted by atomic mass is 35.5. The maximum atomic E-state index is 6.09. The Morgan fingerprint density at radius 3 is 3.00 bits per heavy atom. The highest BCUT2D eigenvalue weighted by Crippen LogP contribution is 2.23. The van der Waals surface area contributed by atoms with Crippen LogP contribution in [-0.2, 0) is 4.74 Å². The molecule has 0 aromatic heterocycles. The van der Waals surface area contributed by atoms with Crippen LogP contribution in [0.4, 0.5) is 5.69 Å². The second-order valence-corrected chi connectivity index (χ2v) is 6.76. The molecule has 0 spiro atoms. The number of halogens is 1. The minimum absolute atomic E-state index is 0.290. The van der Waals surface area contributed by atoms with E-state index in [1.165, 1.54) is 5.69 Å². The average molecular weight is 353 g/mol. The van der Waals surface area contributed by atoms with Crippen molar-refractivity contribution < 1.29 is 4.74 Å². The first-order valence-corrected chi connectivity index (χ1v) is 9.05. The summed E-state index contributed by atoms with van der Waals surface area (Å²) in [5.74, 6) is 0.859. The van der Waals surface area contributed by atoms with E-state index in [0.29, 0.717) is 12.1 Å². The van der Waals surface area contributed by atoms with Crippen LogP contribution in [0.5, 0.6) is 0 Å². The zero-order valence-corrected chi connectivity index (χ0v) is 15.6. The van der Waals surface area contributed by atoms with Crippen molar-refractivity contribution in [3.05, 3.63) is 29.3 Å². The predicted molar refractivity (Wildman–Crippen MR) is 102 cm³/mol. The lowest BCUT2D eigenvalue weighted by Crippen LogP contribution is -2.45. The average Bonchev–Trinajstić information content (AvgIpc) is 3.01. The fourth-order valence-electron chi connectivity index (χ4n) is 2.77. The number of nitrogens with zero attached hydrogens (tertiary/aromatic N) is 2. The normalized spacial score (nSPS) is 18.3. The topological polar surface area (TPSA) is 48.9 Å². The zero-order valence-electron chi connectivity index (χ0n) is 14.9. The Balaban J connectivity index is 1.72. The van der Waals surface area contributed by atoms with Crippen LogP contribution in [0, 0.1) is 0 Å². The number of guanidine groups is 1. The largest absolute Gasteiger partial charge is 0.379 e. The fraction of sp³-hybridized carbons (Fsp3) is 0.611. The minimum Gasteiger partial charge on any atom is -0.379 e. The predicted octanol–water partition coefficient (Wildman–Crippen LogP) is 2.90. The Hall–Kier alpha value is -1.46. The van der Waals surface area contributed by atoms with Crippen molar-refractivity contribution in [3.8, 4) is 0 Å². The van der Waals surface area contributed by atoms with Gasteiger partial charge in [-0.3, -0.25) is 4.99 Å². The molecule has 1 aliphatic heterocycles. The summed E-state index contributed by atoms with van der Waals surface area (Å²) in [6.45, 7) is 7.72. The van der Waals surface area contributed by atoms with Gasteiger partial charge in [0.15, 0.2) is 5.96 Å². The van der Waals surface area contributed by atoms with Crippen molar-refractivity contribution in [2.24, 2.45) is 4.99 Å². The summed E-state index contributed by atoms with van der Waals surface area (Å²) in [5.41, 5.74) is 1.18. The number of anilines is 1. The van der Waals surface area contributed by atoms with Crippen LogP contribution in [0.15, 0.2) is 29.3 Å². The maximum absolute atomic E-state index is 6.09. The SMILES string of the molecule is CN=C(NCCCOC(C)C)NC1CCN(c2cccc(Cl)c2)C1. The third-order valence-electron chi connectivity index (χ3n) is 3.99. The second-order valence-electron chi connectivity index (χ2n) is 6.33. The van der Waals surface area contributed by atoms with Gasteiger partial charge in [-0.2, -0.15) is 0 Å². The van der Waals surface area contributed by atoms with Gasteiger partial charge in [-0.1, -0.05) is 17.7 Å². The lowest BCUT2D eigenvalue weighted by Gasteiger charge is -2.20. The quantitative estimate of drug-likeness (QED) is 0.450. The van der Waals surface area contributed by atoms with Gasteiger partial charge in [-0.25, -0.2) is 0 Å². The molecule has 0 aliphatic carbocycles. The molecule has 2 rings (SSSR count). The molecule has 0 saturated carbocycles. The van der Waals surface area contributed by atoms with E-state index < -0.39 is 0 Å². The molecular formula is C18H29ClN4O. The van der Waals surface area contributed by atoms with Gasteiger partial charge in [0.05, 0.1) is 6.10 Å². The summed E-state index contributed by atoms with van der Waals surface area (Å²) in [4.78, 5) is 6.66. The van der Waals surface area contributed by atoms with Crippen LogP contribution in [0.25, 0.3) is 0 Å². The smallest absolute Gasteiger partial charge is 0.191 e. The molecule has 1 saturated heterocycles. The second kappa shape index (κ2) is 9.74. The van der Waals surface area contributed by atoms with Gasteiger partial charge in [-0.05, 0) is 44.9 Å². The van der Waals surface area contributed by atoms with Crippen molar-refractivity contribution in [2.75, 3.05) is 38.2 Å². The van der Waals surface area contributed by atoms with Gasteiger partial charge in [0.25, 0.3) is 0 Å². The number of hydrogen-bond donors (Lipinski definition) is 2. The van der Waals surface area contributed by atoms with E-state index in [-0.39, 0.29) is 0 Å². The fourth-order valence-corrected chi connectivity index (χ4v) is 2.96. The third kappa shape index (κ3) is 6.21. The molecule has 0 bridgehead atoms. The molecule has 1 unspecified atom stereocenters. The molecule has 2 N–H and O–H groups in total. The van der Waals surface area contributed by atoms with Crippen LogP contribution in [-0.4, -0.2) is 51.4 Å². The molecule has 0 amide bonds. The molecule has 134 valence electrons. The summed E-state index contributed by atoms with van der Waals surface area (Å²) < 4.78 is 5.55. The van der Waals surface area contributed by atoms with Gasteiger partial charge in [0, 0.05) is 50.0 Å². The Morgan fingerprint density at radius 1 is 1.46 bits per heavy atom. The lowest BCUT2D eigenvalue weighted by atomic mass is 10.2. The van der Waals surface area contributed by atoms with Crippen molar-refractivity contribution in [2.45, 2.75) is 38.8 Å². The summed E-state index contributed by atoms with van der Waals surface area (Å²) >= 11 is 6.09. The number of hydrogen-bond acceptors (Lipinski definition) is 3. The molecule has 1 atom stereocenters. The molecule has 1 aromatic carbocycles. The van der Waals surface area contributed by atoms with E-state index in [1.807, 2.05) is 25.2 Å². The van der Waals surface area contributed by atoms with Crippen LogP contribution in [0.3, 0.4) is 0 Å². The number of ether oxygens (including phenoxy) is 1. The summed E-state index contributed by atoms with van der Waals surface area (Å²) in [7, 11) is 1.81. The van der Waals surface area contributed by atoms with Crippen molar-refractivity contribution in [1.29, 1.82) is 0 Å². The van der Waals surface area contributed by atoms with Crippen molar-refractivity contribution in [1.82, 2.24) is 10.6 Å². The molecule has 1 aliphatic rings. The summed E-state index contributed by atoms with van der Waals surface area (Å²) in [6.07, 6.45) is 2.35. The molecule has 1 heterocycles.